The number of rotatable bonds is 6. The molecule has 0 saturated heterocycles. The molecule has 0 aliphatic rings. The van der Waals surface area contributed by atoms with Gasteiger partial charge < -0.3 is 15.3 Å². The Morgan fingerprint density at radius 1 is 1.44 bits per heavy atom. The van der Waals surface area contributed by atoms with Crippen molar-refractivity contribution >= 4 is 11.7 Å². The van der Waals surface area contributed by atoms with E-state index >= 15 is 0 Å². The molecule has 1 aromatic rings. The Hall–Kier alpha value is -1.55. The van der Waals surface area contributed by atoms with E-state index in [2.05, 4.69) is 16.3 Å². The zero-order chi connectivity index (χ0) is 12.0. The van der Waals surface area contributed by atoms with Gasteiger partial charge in [0.25, 0.3) is 0 Å². The van der Waals surface area contributed by atoms with Gasteiger partial charge in [0.2, 0.25) is 0 Å². The average Bonchev–Trinajstić information content (AvgIpc) is 2.16. The highest BCUT2D eigenvalue weighted by atomic mass is 16.4. The van der Waals surface area contributed by atoms with E-state index < -0.39 is 5.97 Å². The number of nitrogens with zero attached hydrogens (tertiary/aromatic N) is 1. The van der Waals surface area contributed by atoms with Gasteiger partial charge in [-0.3, -0.25) is 4.79 Å². The van der Waals surface area contributed by atoms with E-state index in [4.69, 9.17) is 5.11 Å². The summed E-state index contributed by atoms with van der Waals surface area (Å²) < 4.78 is 0. The van der Waals surface area contributed by atoms with Gasteiger partial charge in [-0.25, -0.2) is 0 Å². The van der Waals surface area contributed by atoms with Gasteiger partial charge in [0.05, 0.1) is 6.42 Å². The number of hydrogen-bond acceptors (Lipinski definition) is 3. The molecule has 4 heteroatoms. The lowest BCUT2D eigenvalue weighted by Gasteiger charge is -2.11. The maximum Gasteiger partial charge on any atom is 0.305 e. The van der Waals surface area contributed by atoms with Gasteiger partial charge in [-0.15, -0.1) is 0 Å². The number of hydrogen-bond donors (Lipinski definition) is 2. The minimum Gasteiger partial charge on any atom is -0.481 e. The van der Waals surface area contributed by atoms with Crippen LogP contribution in [0.4, 0.5) is 5.69 Å². The predicted octanol–water partition coefficient (Wildman–Crippen LogP) is 1.63. The lowest BCUT2D eigenvalue weighted by molar-refractivity contribution is -0.136. The van der Waals surface area contributed by atoms with Gasteiger partial charge in [0.15, 0.2) is 0 Å². The molecular weight excluding hydrogens is 204 g/mol. The third-order valence-electron chi connectivity index (χ3n) is 2.09. The van der Waals surface area contributed by atoms with Crippen LogP contribution in [0.1, 0.15) is 12.0 Å². The molecule has 0 saturated carbocycles. The van der Waals surface area contributed by atoms with E-state index in [1.807, 2.05) is 32.3 Å². The highest BCUT2D eigenvalue weighted by Crippen LogP contribution is 2.11. The van der Waals surface area contributed by atoms with Crippen molar-refractivity contribution < 1.29 is 9.90 Å². The first kappa shape index (κ1) is 12.5. The van der Waals surface area contributed by atoms with Gasteiger partial charge in [0.1, 0.15) is 0 Å². The summed E-state index contributed by atoms with van der Waals surface area (Å²) in [6.45, 7) is 1.34. The molecule has 88 valence electrons. The number of nitrogens with one attached hydrogen (secondary N) is 1. The fourth-order valence-electron chi connectivity index (χ4n) is 1.46. The van der Waals surface area contributed by atoms with Crippen molar-refractivity contribution in [1.29, 1.82) is 0 Å². The first-order valence-corrected chi connectivity index (χ1v) is 5.27. The van der Waals surface area contributed by atoms with Crippen LogP contribution in [0.15, 0.2) is 24.3 Å². The van der Waals surface area contributed by atoms with E-state index in [0.717, 1.165) is 12.2 Å². The van der Waals surface area contributed by atoms with Crippen LogP contribution in [-0.2, 0) is 11.3 Å². The molecule has 4 nitrogen and oxygen atoms in total. The lowest BCUT2D eigenvalue weighted by atomic mass is 10.2. The van der Waals surface area contributed by atoms with Crippen LogP contribution in [0.5, 0.6) is 0 Å². The minimum absolute atomic E-state index is 0.137. The molecule has 0 aromatic heterocycles. The maximum absolute atomic E-state index is 10.4. The lowest BCUT2D eigenvalue weighted by Crippen LogP contribution is -2.11. The molecular formula is C12H18N2O2. The summed E-state index contributed by atoms with van der Waals surface area (Å²) in [7, 11) is 4.04. The minimum atomic E-state index is -0.781. The number of aliphatic carboxylic acids is 1. The second-order valence-corrected chi connectivity index (χ2v) is 4.01. The summed E-state index contributed by atoms with van der Waals surface area (Å²) in [6, 6.07) is 8.02. The Kier molecular flexibility index (Phi) is 4.79. The summed E-state index contributed by atoms with van der Waals surface area (Å²) in [6.07, 6.45) is 0.137. The van der Waals surface area contributed by atoms with Crippen LogP contribution in [0.3, 0.4) is 0 Å². The van der Waals surface area contributed by atoms with E-state index in [0.29, 0.717) is 6.54 Å². The fraction of sp³-hybridized carbons (Fsp3) is 0.417. The molecule has 0 heterocycles. The smallest absolute Gasteiger partial charge is 0.305 e. The Bertz CT molecular complexity index is 351. The summed E-state index contributed by atoms with van der Waals surface area (Å²) in [5.74, 6) is -0.781. The van der Waals surface area contributed by atoms with Gasteiger partial charge in [0, 0.05) is 18.8 Å². The molecule has 0 aliphatic heterocycles. The van der Waals surface area contributed by atoms with E-state index in [9.17, 15) is 4.79 Å². The van der Waals surface area contributed by atoms with Crippen molar-refractivity contribution in [3.63, 3.8) is 0 Å². The summed E-state index contributed by atoms with van der Waals surface area (Å²) >= 11 is 0. The van der Waals surface area contributed by atoms with E-state index in [1.54, 1.807) is 0 Å². The van der Waals surface area contributed by atoms with Crippen LogP contribution in [0.2, 0.25) is 0 Å². The Morgan fingerprint density at radius 3 is 2.81 bits per heavy atom. The van der Waals surface area contributed by atoms with Crippen molar-refractivity contribution in [1.82, 2.24) is 4.90 Å². The molecule has 0 atom stereocenters. The Balaban J connectivity index is 2.50. The van der Waals surface area contributed by atoms with Gasteiger partial charge in [-0.05, 0) is 31.8 Å². The SMILES string of the molecule is CN(C)Cc1cccc(NCCC(=O)O)c1. The number of carboxylic acids is 1. The quantitative estimate of drug-likeness (QED) is 0.768. The molecule has 0 radical (unpaired) electrons. The van der Waals surface area contributed by atoms with Gasteiger partial charge >= 0.3 is 5.97 Å². The van der Waals surface area contributed by atoms with Gasteiger partial charge in [-0.2, -0.15) is 0 Å². The van der Waals surface area contributed by atoms with E-state index in [1.165, 1.54) is 5.56 Å². The first-order chi connectivity index (χ1) is 7.58. The van der Waals surface area contributed by atoms with Crippen LogP contribution in [0.25, 0.3) is 0 Å². The molecule has 0 amide bonds. The predicted molar refractivity (Wildman–Crippen MR) is 64.6 cm³/mol. The Labute approximate surface area is 95.9 Å². The second kappa shape index (κ2) is 6.12. The second-order valence-electron chi connectivity index (χ2n) is 4.01. The molecule has 0 unspecified atom stereocenters. The van der Waals surface area contributed by atoms with Crippen molar-refractivity contribution in [3.05, 3.63) is 29.8 Å². The topological polar surface area (TPSA) is 52.6 Å². The zero-order valence-electron chi connectivity index (χ0n) is 9.73. The third-order valence-corrected chi connectivity index (χ3v) is 2.09. The average molecular weight is 222 g/mol. The van der Waals surface area contributed by atoms with Crippen LogP contribution in [0, 0.1) is 0 Å². The number of anilines is 1. The highest BCUT2D eigenvalue weighted by molar-refractivity contribution is 5.67. The molecule has 0 bridgehead atoms. The first-order valence-electron chi connectivity index (χ1n) is 5.27. The number of benzene rings is 1. The molecule has 0 aliphatic carbocycles. The van der Waals surface area contributed by atoms with Gasteiger partial charge in [-0.1, -0.05) is 12.1 Å². The molecule has 1 aromatic carbocycles. The Morgan fingerprint density at radius 2 is 2.19 bits per heavy atom. The van der Waals surface area contributed by atoms with Crippen molar-refractivity contribution in [2.24, 2.45) is 0 Å². The van der Waals surface area contributed by atoms with Crippen molar-refractivity contribution in [2.75, 3.05) is 26.0 Å². The third kappa shape index (κ3) is 4.79. The number of carboxylic acid groups (broad SMARTS) is 1. The summed E-state index contributed by atoms with van der Waals surface area (Å²) in [5.41, 5.74) is 2.19. The fourth-order valence-corrected chi connectivity index (χ4v) is 1.46. The molecule has 2 N–H and O–H groups in total. The summed E-state index contributed by atoms with van der Waals surface area (Å²) in [4.78, 5) is 12.4. The van der Waals surface area contributed by atoms with Crippen LogP contribution >= 0.6 is 0 Å². The monoisotopic (exact) mass is 222 g/mol. The molecule has 0 fully saturated rings. The standard InChI is InChI=1S/C12H18N2O2/c1-14(2)9-10-4-3-5-11(8-10)13-7-6-12(15)16/h3-5,8,13H,6-7,9H2,1-2H3,(H,15,16). The molecule has 16 heavy (non-hydrogen) atoms. The largest absolute Gasteiger partial charge is 0.481 e. The van der Waals surface area contributed by atoms with Crippen LogP contribution < -0.4 is 5.32 Å². The van der Waals surface area contributed by atoms with E-state index in [-0.39, 0.29) is 6.42 Å². The maximum atomic E-state index is 10.4. The molecule has 1 rings (SSSR count). The van der Waals surface area contributed by atoms with Crippen molar-refractivity contribution in [3.8, 4) is 0 Å². The summed E-state index contributed by atoms with van der Waals surface area (Å²) in [5, 5.41) is 11.6. The van der Waals surface area contributed by atoms with Crippen LogP contribution in [-0.4, -0.2) is 36.6 Å². The molecule has 0 spiro atoms. The highest BCUT2D eigenvalue weighted by Gasteiger charge is 1.99. The normalized spacial score (nSPS) is 10.4. The van der Waals surface area contributed by atoms with Crippen molar-refractivity contribution in [2.45, 2.75) is 13.0 Å². The number of carbonyl (C=O) groups is 1. The zero-order valence-corrected chi connectivity index (χ0v) is 9.73.